The summed E-state index contributed by atoms with van der Waals surface area (Å²) >= 11 is 0. The third kappa shape index (κ3) is 6.77. The Bertz CT molecular complexity index is 474. The molecule has 3 heteroatoms. The zero-order chi connectivity index (χ0) is 15.7. The molecule has 0 saturated carbocycles. The molecule has 1 unspecified atom stereocenters. The van der Waals surface area contributed by atoms with Gasteiger partial charge in [-0.2, -0.15) is 0 Å². The molecule has 0 aromatic heterocycles. The van der Waals surface area contributed by atoms with Crippen molar-refractivity contribution in [3.8, 4) is 11.8 Å². The monoisotopic (exact) mass is 288 g/mol. The van der Waals surface area contributed by atoms with Gasteiger partial charge in [0.05, 0.1) is 6.61 Å². The van der Waals surface area contributed by atoms with E-state index in [2.05, 4.69) is 67.8 Å². The quantitative estimate of drug-likeness (QED) is 0.779. The third-order valence-corrected chi connectivity index (χ3v) is 3.44. The van der Waals surface area contributed by atoms with E-state index < -0.39 is 0 Å². The average Bonchev–Trinajstić information content (AvgIpc) is 2.44. The van der Waals surface area contributed by atoms with Crippen molar-refractivity contribution in [1.29, 1.82) is 0 Å². The van der Waals surface area contributed by atoms with Crippen molar-refractivity contribution in [2.75, 3.05) is 33.8 Å². The summed E-state index contributed by atoms with van der Waals surface area (Å²) in [6, 6.07) is 8.91. The molecule has 1 rings (SSSR count). The number of likely N-dealkylation sites (N-methyl/N-ethyl adjacent to an activating group) is 2. The van der Waals surface area contributed by atoms with Crippen molar-refractivity contribution in [1.82, 2.24) is 9.80 Å². The highest BCUT2D eigenvalue weighted by atomic mass is 16.2. The van der Waals surface area contributed by atoms with E-state index in [1.54, 1.807) is 0 Å². The van der Waals surface area contributed by atoms with Crippen molar-refractivity contribution in [2.45, 2.75) is 32.9 Å². The number of aliphatic hydroxyl groups excluding tert-OH is 1. The normalized spacial score (nSPS) is 12.3. The van der Waals surface area contributed by atoms with Gasteiger partial charge in [0, 0.05) is 31.1 Å². The number of nitrogens with zero attached hydrogens (tertiary/aromatic N) is 2. The molecule has 0 spiro atoms. The van der Waals surface area contributed by atoms with E-state index in [1.165, 1.54) is 5.56 Å². The molecule has 1 N–H and O–H groups in total. The van der Waals surface area contributed by atoms with Crippen molar-refractivity contribution in [3.63, 3.8) is 0 Å². The highest BCUT2D eigenvalue weighted by molar-refractivity contribution is 5.37. The van der Waals surface area contributed by atoms with Crippen molar-refractivity contribution in [2.24, 2.45) is 0 Å². The van der Waals surface area contributed by atoms with Gasteiger partial charge in [0.15, 0.2) is 0 Å². The molecule has 0 aliphatic rings. The summed E-state index contributed by atoms with van der Waals surface area (Å²) in [5.41, 5.74) is 2.32. The van der Waals surface area contributed by atoms with Gasteiger partial charge in [-0.25, -0.2) is 0 Å². The molecule has 0 heterocycles. The van der Waals surface area contributed by atoms with Gasteiger partial charge >= 0.3 is 0 Å². The molecule has 0 aliphatic heterocycles. The van der Waals surface area contributed by atoms with Gasteiger partial charge in [-0.3, -0.25) is 4.90 Å². The summed E-state index contributed by atoms with van der Waals surface area (Å²) in [5, 5.41) is 8.77. The highest BCUT2D eigenvalue weighted by Crippen LogP contribution is 2.11. The van der Waals surface area contributed by atoms with E-state index in [1.807, 2.05) is 6.07 Å². The summed E-state index contributed by atoms with van der Waals surface area (Å²) in [6.45, 7) is 7.64. The van der Waals surface area contributed by atoms with Crippen LogP contribution in [0.3, 0.4) is 0 Å². The fraction of sp³-hybridized carbons (Fsp3) is 0.556. The van der Waals surface area contributed by atoms with Gasteiger partial charge in [0.1, 0.15) is 0 Å². The van der Waals surface area contributed by atoms with Crippen molar-refractivity contribution < 1.29 is 5.11 Å². The minimum Gasteiger partial charge on any atom is -0.395 e. The first-order chi connectivity index (χ1) is 10.1. The van der Waals surface area contributed by atoms with Crippen LogP contribution in [0.1, 0.15) is 31.4 Å². The highest BCUT2D eigenvalue weighted by Gasteiger charge is 2.13. The van der Waals surface area contributed by atoms with Crippen molar-refractivity contribution >= 4 is 0 Å². The summed E-state index contributed by atoms with van der Waals surface area (Å²) in [4.78, 5) is 4.70. The first kappa shape index (κ1) is 17.7. The van der Waals surface area contributed by atoms with Crippen LogP contribution >= 0.6 is 0 Å². The standard InChI is InChI=1S/C18H28N2O/c1-5-20(16(2)14-19(3)4)15-18-11-8-10-17(13-18)9-6-7-12-21/h8,10-11,13,16,21H,5,7,12,14-15H2,1-4H3. The zero-order valence-electron chi connectivity index (χ0n) is 13.8. The Hall–Kier alpha value is -1.34. The van der Waals surface area contributed by atoms with Crippen LogP contribution in [0, 0.1) is 11.8 Å². The topological polar surface area (TPSA) is 26.7 Å². The van der Waals surface area contributed by atoms with Crippen LogP contribution in [0.25, 0.3) is 0 Å². The van der Waals surface area contributed by atoms with Crippen LogP contribution < -0.4 is 0 Å². The van der Waals surface area contributed by atoms with Crippen LogP contribution in [0.5, 0.6) is 0 Å². The lowest BCUT2D eigenvalue weighted by atomic mass is 10.1. The molecule has 1 aromatic rings. The van der Waals surface area contributed by atoms with Crippen LogP contribution in [0.15, 0.2) is 24.3 Å². The molecule has 116 valence electrons. The van der Waals surface area contributed by atoms with E-state index in [9.17, 15) is 0 Å². The fourth-order valence-electron chi connectivity index (χ4n) is 2.43. The molecule has 0 bridgehead atoms. The van der Waals surface area contributed by atoms with Crippen LogP contribution in [-0.2, 0) is 6.54 Å². The second kappa shape index (κ2) is 9.57. The molecular weight excluding hydrogens is 260 g/mol. The number of benzene rings is 1. The second-order valence-corrected chi connectivity index (χ2v) is 5.65. The largest absolute Gasteiger partial charge is 0.395 e. The Morgan fingerprint density at radius 3 is 2.67 bits per heavy atom. The molecule has 0 amide bonds. The van der Waals surface area contributed by atoms with Gasteiger partial charge in [0.2, 0.25) is 0 Å². The predicted octanol–water partition coefficient (Wildman–Crippen LogP) is 2.19. The minimum atomic E-state index is 0.123. The smallest absolute Gasteiger partial charge is 0.0540 e. The summed E-state index contributed by atoms with van der Waals surface area (Å²) in [7, 11) is 4.23. The van der Waals surface area contributed by atoms with Crippen LogP contribution in [0.2, 0.25) is 0 Å². The molecule has 1 aromatic carbocycles. The Kier molecular flexibility index (Phi) is 8.07. The minimum absolute atomic E-state index is 0.123. The van der Waals surface area contributed by atoms with E-state index in [0.717, 1.165) is 25.2 Å². The number of hydrogen-bond acceptors (Lipinski definition) is 3. The Morgan fingerprint density at radius 1 is 1.29 bits per heavy atom. The van der Waals surface area contributed by atoms with Gasteiger partial charge in [-0.15, -0.1) is 0 Å². The van der Waals surface area contributed by atoms with Gasteiger partial charge in [-0.05, 0) is 45.3 Å². The third-order valence-electron chi connectivity index (χ3n) is 3.44. The van der Waals surface area contributed by atoms with Crippen LogP contribution in [0.4, 0.5) is 0 Å². The summed E-state index contributed by atoms with van der Waals surface area (Å²) in [6.07, 6.45) is 0.533. The zero-order valence-corrected chi connectivity index (χ0v) is 13.8. The second-order valence-electron chi connectivity index (χ2n) is 5.65. The number of hydrogen-bond donors (Lipinski definition) is 1. The Labute approximate surface area is 129 Å². The molecular formula is C18H28N2O. The average molecular weight is 288 g/mol. The van der Waals surface area contributed by atoms with E-state index in [4.69, 9.17) is 5.11 Å². The lowest BCUT2D eigenvalue weighted by molar-refractivity contribution is 0.174. The lowest BCUT2D eigenvalue weighted by Crippen LogP contribution is -2.39. The molecule has 0 radical (unpaired) electrons. The fourth-order valence-corrected chi connectivity index (χ4v) is 2.43. The molecule has 3 nitrogen and oxygen atoms in total. The lowest BCUT2D eigenvalue weighted by Gasteiger charge is -2.30. The first-order valence-corrected chi connectivity index (χ1v) is 7.64. The molecule has 0 saturated heterocycles. The van der Waals surface area contributed by atoms with E-state index in [-0.39, 0.29) is 6.61 Å². The Balaban J connectivity index is 2.72. The Morgan fingerprint density at radius 2 is 2.05 bits per heavy atom. The number of rotatable bonds is 7. The van der Waals surface area contributed by atoms with Gasteiger partial charge in [-0.1, -0.05) is 30.9 Å². The first-order valence-electron chi connectivity index (χ1n) is 7.64. The maximum atomic E-state index is 8.77. The molecule has 1 atom stereocenters. The van der Waals surface area contributed by atoms with Gasteiger partial charge < -0.3 is 10.0 Å². The van der Waals surface area contributed by atoms with Crippen molar-refractivity contribution in [3.05, 3.63) is 35.4 Å². The van der Waals surface area contributed by atoms with Crippen LogP contribution in [-0.4, -0.2) is 54.7 Å². The SMILES string of the molecule is CCN(Cc1cccc(C#CCCO)c1)C(C)CN(C)C. The maximum absolute atomic E-state index is 8.77. The van der Waals surface area contributed by atoms with E-state index in [0.29, 0.717) is 12.5 Å². The number of aliphatic hydroxyl groups is 1. The summed E-state index contributed by atoms with van der Waals surface area (Å²) in [5.74, 6) is 6.08. The van der Waals surface area contributed by atoms with Gasteiger partial charge in [0.25, 0.3) is 0 Å². The predicted molar refractivity (Wildman–Crippen MR) is 89.1 cm³/mol. The molecule has 0 fully saturated rings. The molecule has 21 heavy (non-hydrogen) atoms. The summed E-state index contributed by atoms with van der Waals surface area (Å²) < 4.78 is 0. The molecule has 0 aliphatic carbocycles. The van der Waals surface area contributed by atoms with E-state index >= 15 is 0 Å². The maximum Gasteiger partial charge on any atom is 0.0540 e.